The lowest BCUT2D eigenvalue weighted by molar-refractivity contribution is -0.113. The van der Waals surface area contributed by atoms with Crippen molar-refractivity contribution < 1.29 is 14.3 Å². The van der Waals surface area contributed by atoms with Gasteiger partial charge in [0.05, 0.1) is 35.5 Å². The van der Waals surface area contributed by atoms with Gasteiger partial charge in [-0.2, -0.15) is 0 Å². The fraction of sp³-hybridized carbons (Fsp3) is 0.0769. The van der Waals surface area contributed by atoms with Gasteiger partial charge in [0, 0.05) is 11.1 Å². The number of esters is 1. The Kier molecular flexibility index (Phi) is 7.12. The zero-order valence-corrected chi connectivity index (χ0v) is 18.7. The molecule has 4 aromatic rings. The molecule has 0 spiro atoms. The van der Waals surface area contributed by atoms with Gasteiger partial charge in [-0.3, -0.25) is 4.79 Å². The summed E-state index contributed by atoms with van der Waals surface area (Å²) in [6, 6.07) is 28.4. The minimum Gasteiger partial charge on any atom is -0.465 e. The molecule has 1 N–H and O–H groups in total. The van der Waals surface area contributed by atoms with Crippen LogP contribution in [0.25, 0.3) is 22.5 Å². The number of amides is 1. The summed E-state index contributed by atoms with van der Waals surface area (Å²) in [5.41, 5.74) is 4.20. The normalized spacial score (nSPS) is 10.5. The smallest absolute Gasteiger partial charge is 0.339 e. The number of aromatic nitrogens is 2. The van der Waals surface area contributed by atoms with Gasteiger partial charge in [0.15, 0.2) is 5.16 Å². The molecule has 33 heavy (non-hydrogen) atoms. The monoisotopic (exact) mass is 455 g/mol. The minimum absolute atomic E-state index is 0.0853. The van der Waals surface area contributed by atoms with E-state index < -0.39 is 5.97 Å². The molecule has 7 heteroatoms. The number of nitrogens with zero attached hydrogens (tertiary/aromatic N) is 2. The first kappa shape index (κ1) is 22.2. The Balaban J connectivity index is 1.56. The van der Waals surface area contributed by atoms with E-state index in [9.17, 15) is 9.59 Å². The zero-order chi connectivity index (χ0) is 23.0. The number of ether oxygens (including phenoxy) is 1. The lowest BCUT2D eigenvalue weighted by Gasteiger charge is -2.10. The van der Waals surface area contributed by atoms with E-state index >= 15 is 0 Å². The summed E-state index contributed by atoms with van der Waals surface area (Å²) in [5.74, 6) is -0.696. The van der Waals surface area contributed by atoms with E-state index in [0.717, 1.165) is 22.5 Å². The molecule has 0 saturated carbocycles. The van der Waals surface area contributed by atoms with Crippen LogP contribution in [-0.4, -0.2) is 34.7 Å². The Morgan fingerprint density at radius 1 is 0.818 bits per heavy atom. The third-order valence-corrected chi connectivity index (χ3v) is 5.63. The quantitative estimate of drug-likeness (QED) is 0.231. The summed E-state index contributed by atoms with van der Waals surface area (Å²) in [6.07, 6.45) is 0. The van der Waals surface area contributed by atoms with Gasteiger partial charge < -0.3 is 10.1 Å². The van der Waals surface area contributed by atoms with Crippen LogP contribution in [0.1, 0.15) is 10.4 Å². The number of para-hydroxylation sites is 1. The Morgan fingerprint density at radius 3 is 1.94 bits per heavy atom. The van der Waals surface area contributed by atoms with E-state index in [0.29, 0.717) is 16.4 Å². The van der Waals surface area contributed by atoms with E-state index in [1.54, 1.807) is 24.3 Å². The number of anilines is 1. The summed E-state index contributed by atoms with van der Waals surface area (Å²) >= 11 is 1.24. The van der Waals surface area contributed by atoms with Crippen molar-refractivity contribution in [3.63, 3.8) is 0 Å². The van der Waals surface area contributed by atoms with Gasteiger partial charge in [0.25, 0.3) is 0 Å². The number of benzene rings is 3. The number of rotatable bonds is 7. The predicted molar refractivity (Wildman–Crippen MR) is 130 cm³/mol. The van der Waals surface area contributed by atoms with E-state index in [2.05, 4.69) is 15.3 Å². The third kappa shape index (κ3) is 5.64. The summed E-state index contributed by atoms with van der Waals surface area (Å²) in [4.78, 5) is 33.9. The molecule has 0 radical (unpaired) electrons. The minimum atomic E-state index is -0.509. The van der Waals surface area contributed by atoms with Gasteiger partial charge >= 0.3 is 5.97 Å². The van der Waals surface area contributed by atoms with Crippen molar-refractivity contribution in [3.8, 4) is 22.5 Å². The van der Waals surface area contributed by atoms with Crippen LogP contribution >= 0.6 is 11.8 Å². The van der Waals surface area contributed by atoms with Crippen molar-refractivity contribution in [1.29, 1.82) is 0 Å². The summed E-state index contributed by atoms with van der Waals surface area (Å²) in [7, 11) is 1.30. The Morgan fingerprint density at radius 2 is 1.36 bits per heavy atom. The van der Waals surface area contributed by atoms with Crippen LogP contribution in [0.3, 0.4) is 0 Å². The van der Waals surface area contributed by atoms with Gasteiger partial charge in [-0.1, -0.05) is 84.6 Å². The van der Waals surface area contributed by atoms with Crippen LogP contribution in [-0.2, 0) is 9.53 Å². The molecular weight excluding hydrogens is 434 g/mol. The van der Waals surface area contributed by atoms with E-state index in [1.165, 1.54) is 18.9 Å². The molecule has 1 amide bonds. The highest BCUT2D eigenvalue weighted by Crippen LogP contribution is 2.27. The maximum atomic E-state index is 12.6. The van der Waals surface area contributed by atoms with Crippen LogP contribution in [0.15, 0.2) is 96.2 Å². The van der Waals surface area contributed by atoms with Gasteiger partial charge in [-0.05, 0) is 18.2 Å². The molecule has 0 saturated heterocycles. The number of carbonyl (C=O) groups excluding carboxylic acids is 2. The molecule has 0 bridgehead atoms. The van der Waals surface area contributed by atoms with Crippen molar-refractivity contribution in [1.82, 2.24) is 9.97 Å². The second-order valence-electron chi connectivity index (χ2n) is 7.03. The predicted octanol–water partition coefficient (Wildman–Crippen LogP) is 5.33. The summed E-state index contributed by atoms with van der Waals surface area (Å²) < 4.78 is 4.78. The molecule has 6 nitrogen and oxygen atoms in total. The maximum absolute atomic E-state index is 12.6. The molecule has 0 aliphatic carbocycles. The number of thioether (sulfide) groups is 1. The number of methoxy groups -OCH3 is 1. The number of carbonyl (C=O) groups is 2. The molecular formula is C26H21N3O3S. The van der Waals surface area contributed by atoms with Gasteiger partial charge in [0.1, 0.15) is 0 Å². The van der Waals surface area contributed by atoms with E-state index in [1.807, 2.05) is 66.7 Å². The van der Waals surface area contributed by atoms with Crippen molar-refractivity contribution in [2.24, 2.45) is 0 Å². The lowest BCUT2D eigenvalue weighted by Crippen LogP contribution is -2.17. The zero-order valence-electron chi connectivity index (χ0n) is 17.9. The molecule has 1 aromatic heterocycles. The Labute approximate surface area is 196 Å². The highest BCUT2D eigenvalue weighted by Gasteiger charge is 2.15. The standard InChI is InChI=1S/C26H21N3O3S/c1-32-25(31)20-14-8-9-15-21(20)27-24(30)17-33-26-28-22(18-10-4-2-5-11-18)16-23(29-26)19-12-6-3-7-13-19/h2-16H,17H2,1H3,(H,27,30). The van der Waals surface area contributed by atoms with Crippen LogP contribution in [0.5, 0.6) is 0 Å². The number of hydrogen-bond donors (Lipinski definition) is 1. The van der Waals surface area contributed by atoms with Gasteiger partial charge in [-0.25, -0.2) is 14.8 Å². The largest absolute Gasteiger partial charge is 0.465 e. The van der Waals surface area contributed by atoms with Crippen LogP contribution in [0.2, 0.25) is 0 Å². The molecule has 1 heterocycles. The molecule has 0 fully saturated rings. The molecule has 0 aliphatic rings. The number of nitrogens with one attached hydrogen (secondary N) is 1. The number of hydrogen-bond acceptors (Lipinski definition) is 6. The Hall–Kier alpha value is -3.97. The fourth-order valence-electron chi connectivity index (χ4n) is 3.20. The lowest BCUT2D eigenvalue weighted by atomic mass is 10.1. The molecule has 0 atom stereocenters. The molecule has 164 valence electrons. The van der Waals surface area contributed by atoms with Crippen molar-refractivity contribution >= 4 is 29.3 Å². The van der Waals surface area contributed by atoms with Crippen LogP contribution in [0.4, 0.5) is 5.69 Å². The van der Waals surface area contributed by atoms with Crippen molar-refractivity contribution in [3.05, 3.63) is 96.6 Å². The van der Waals surface area contributed by atoms with Crippen molar-refractivity contribution in [2.75, 3.05) is 18.2 Å². The van der Waals surface area contributed by atoms with Crippen LogP contribution in [0, 0.1) is 0 Å². The Bertz CT molecular complexity index is 1210. The van der Waals surface area contributed by atoms with Gasteiger partial charge in [-0.15, -0.1) is 0 Å². The highest BCUT2D eigenvalue weighted by molar-refractivity contribution is 7.99. The third-order valence-electron chi connectivity index (χ3n) is 4.78. The first-order valence-corrected chi connectivity index (χ1v) is 11.2. The highest BCUT2D eigenvalue weighted by atomic mass is 32.2. The second-order valence-corrected chi connectivity index (χ2v) is 7.97. The van der Waals surface area contributed by atoms with Gasteiger partial charge in [0.2, 0.25) is 5.91 Å². The SMILES string of the molecule is COC(=O)c1ccccc1NC(=O)CSc1nc(-c2ccccc2)cc(-c2ccccc2)n1. The maximum Gasteiger partial charge on any atom is 0.339 e. The molecule has 0 aliphatic heterocycles. The summed E-state index contributed by atoms with van der Waals surface area (Å²) in [5, 5.41) is 3.26. The first-order valence-electron chi connectivity index (χ1n) is 10.2. The molecule has 4 rings (SSSR count). The van der Waals surface area contributed by atoms with Crippen molar-refractivity contribution in [2.45, 2.75) is 5.16 Å². The second kappa shape index (κ2) is 10.6. The molecule has 0 unspecified atom stereocenters. The average molecular weight is 456 g/mol. The molecule has 3 aromatic carbocycles. The summed E-state index contributed by atoms with van der Waals surface area (Å²) in [6.45, 7) is 0. The van der Waals surface area contributed by atoms with E-state index in [-0.39, 0.29) is 11.7 Å². The van der Waals surface area contributed by atoms with Crippen LogP contribution < -0.4 is 5.32 Å². The topological polar surface area (TPSA) is 81.2 Å². The average Bonchev–Trinajstić information content (AvgIpc) is 2.88. The van der Waals surface area contributed by atoms with E-state index in [4.69, 9.17) is 4.74 Å². The first-order chi connectivity index (χ1) is 16.1. The fourth-order valence-corrected chi connectivity index (χ4v) is 3.86.